The molecule has 0 saturated heterocycles. The Morgan fingerprint density at radius 1 is 1.27 bits per heavy atom. The first-order chi connectivity index (χ1) is 7.06. The van der Waals surface area contributed by atoms with Gasteiger partial charge in [0.2, 0.25) is 0 Å². The monoisotopic (exact) mass is 222 g/mol. The molecule has 15 heavy (non-hydrogen) atoms. The zero-order chi connectivity index (χ0) is 11.7. The maximum atomic E-state index is 4.96. The maximum absolute atomic E-state index is 4.96. The van der Waals surface area contributed by atoms with E-state index in [1.807, 2.05) is 52.2 Å². The molecule has 0 saturated carbocycles. The van der Waals surface area contributed by atoms with Gasteiger partial charge in [0.1, 0.15) is 0 Å². The normalized spacial score (nSPS) is 13.9. The van der Waals surface area contributed by atoms with Crippen molar-refractivity contribution in [1.29, 1.82) is 0 Å². The molecule has 0 radical (unpaired) electrons. The van der Waals surface area contributed by atoms with Gasteiger partial charge in [-0.05, 0) is 45.4 Å². The molecule has 0 aliphatic heterocycles. The Morgan fingerprint density at radius 3 is 2.47 bits per heavy atom. The number of hydrogen-bond acceptors (Lipinski definition) is 3. The molecule has 0 bridgehead atoms. The van der Waals surface area contributed by atoms with Crippen molar-refractivity contribution in [2.75, 3.05) is 0 Å². The topological polar surface area (TPSA) is 24.4 Å². The first kappa shape index (κ1) is 13.8. The molecule has 1 N–H and O–H groups in total. The van der Waals surface area contributed by atoms with Gasteiger partial charge in [-0.25, -0.2) is 0 Å². The van der Waals surface area contributed by atoms with Crippen LogP contribution >= 0.6 is 12.2 Å². The third-order valence-corrected chi connectivity index (χ3v) is 1.62. The van der Waals surface area contributed by atoms with E-state index in [1.54, 1.807) is 6.21 Å². The van der Waals surface area contributed by atoms with Gasteiger partial charge in [-0.3, -0.25) is 4.99 Å². The number of allylic oxidation sites excluding steroid dienone is 4. The molecule has 3 heteroatoms. The van der Waals surface area contributed by atoms with Crippen molar-refractivity contribution in [2.45, 2.75) is 27.7 Å². The van der Waals surface area contributed by atoms with E-state index in [1.165, 1.54) is 0 Å². The zero-order valence-electron chi connectivity index (χ0n) is 9.74. The van der Waals surface area contributed by atoms with Gasteiger partial charge < -0.3 is 5.32 Å². The van der Waals surface area contributed by atoms with Crippen LogP contribution in [-0.4, -0.2) is 11.1 Å². The molecule has 0 unspecified atom stereocenters. The SMILES string of the molecule is CC=N/C(C)=C/NC=CC(C)=CC(C)=S. The Hall–Kier alpha value is -1.22. The zero-order valence-corrected chi connectivity index (χ0v) is 10.6. The molecule has 0 aliphatic rings. The molecular weight excluding hydrogens is 204 g/mol. The van der Waals surface area contributed by atoms with Crippen LogP contribution in [0.3, 0.4) is 0 Å². The minimum atomic E-state index is 0.888. The molecule has 82 valence electrons. The first-order valence-electron chi connectivity index (χ1n) is 4.83. The number of thiocarbonyl (C=S) groups is 1. The molecule has 0 spiro atoms. The second kappa shape index (κ2) is 8.12. The average Bonchev–Trinajstić information content (AvgIpc) is 2.12. The molecule has 0 aromatic rings. The molecule has 0 aliphatic carbocycles. The summed E-state index contributed by atoms with van der Waals surface area (Å²) in [5.41, 5.74) is 2.06. The summed E-state index contributed by atoms with van der Waals surface area (Å²) in [5, 5.41) is 3.03. The van der Waals surface area contributed by atoms with Crippen LogP contribution in [0.1, 0.15) is 27.7 Å². The van der Waals surface area contributed by atoms with E-state index >= 15 is 0 Å². The van der Waals surface area contributed by atoms with Crippen LogP contribution in [0, 0.1) is 0 Å². The molecule has 0 amide bonds. The number of rotatable bonds is 5. The van der Waals surface area contributed by atoms with Crippen LogP contribution in [0.25, 0.3) is 0 Å². The van der Waals surface area contributed by atoms with Crippen LogP contribution in [0.5, 0.6) is 0 Å². The third kappa shape index (κ3) is 9.09. The van der Waals surface area contributed by atoms with E-state index in [0.717, 1.165) is 16.1 Å². The molecule has 0 aromatic heterocycles. The van der Waals surface area contributed by atoms with Crippen molar-refractivity contribution in [3.63, 3.8) is 0 Å². The fourth-order valence-electron chi connectivity index (χ4n) is 0.958. The lowest BCUT2D eigenvalue weighted by Crippen LogP contribution is -1.93. The quantitative estimate of drug-likeness (QED) is 0.334. The molecule has 0 fully saturated rings. The van der Waals surface area contributed by atoms with E-state index in [9.17, 15) is 0 Å². The van der Waals surface area contributed by atoms with E-state index in [0.29, 0.717) is 0 Å². The number of nitrogens with zero attached hydrogens (tertiary/aromatic N) is 1. The molecule has 2 nitrogen and oxygen atoms in total. The summed E-state index contributed by atoms with van der Waals surface area (Å²) < 4.78 is 0. The van der Waals surface area contributed by atoms with Gasteiger partial charge in [-0.2, -0.15) is 0 Å². The fourth-order valence-corrected chi connectivity index (χ4v) is 1.14. The number of nitrogens with one attached hydrogen (secondary N) is 1. The smallest absolute Gasteiger partial charge is 0.0528 e. The number of aliphatic imine (C=N–C) groups is 1. The summed E-state index contributed by atoms with van der Waals surface area (Å²) >= 11 is 4.96. The highest BCUT2D eigenvalue weighted by atomic mass is 32.1. The highest BCUT2D eigenvalue weighted by Crippen LogP contribution is 1.95. The molecule has 0 rings (SSSR count). The van der Waals surface area contributed by atoms with Crippen LogP contribution < -0.4 is 5.32 Å². The highest BCUT2D eigenvalue weighted by molar-refractivity contribution is 7.80. The van der Waals surface area contributed by atoms with Crippen molar-refractivity contribution < 1.29 is 0 Å². The standard InChI is InChI=1S/C12H18N2S/c1-5-14-11(3)9-13-7-6-10(2)8-12(4)15/h5-9,13H,1-4H3/b7-6?,10-8?,11-9+,14-5?. The van der Waals surface area contributed by atoms with Crippen LogP contribution in [0.2, 0.25) is 0 Å². The van der Waals surface area contributed by atoms with Gasteiger partial charge in [-0.1, -0.05) is 12.2 Å². The van der Waals surface area contributed by atoms with Gasteiger partial charge in [0.05, 0.1) is 5.70 Å². The lowest BCUT2D eigenvalue weighted by Gasteiger charge is -1.94. The van der Waals surface area contributed by atoms with Crippen molar-refractivity contribution in [2.24, 2.45) is 4.99 Å². The Morgan fingerprint density at radius 2 is 1.93 bits per heavy atom. The Bertz CT molecular complexity index is 323. The predicted octanol–water partition coefficient (Wildman–Crippen LogP) is 3.38. The second-order valence-corrected chi connectivity index (χ2v) is 3.82. The molecule has 0 heterocycles. The van der Waals surface area contributed by atoms with Crippen molar-refractivity contribution in [3.05, 3.63) is 35.8 Å². The summed E-state index contributed by atoms with van der Waals surface area (Å²) in [5.74, 6) is 0. The number of hydrogen-bond donors (Lipinski definition) is 1. The molecule has 0 aromatic carbocycles. The van der Waals surface area contributed by atoms with Gasteiger partial charge in [-0.15, -0.1) is 0 Å². The average molecular weight is 222 g/mol. The summed E-state index contributed by atoms with van der Waals surface area (Å²) in [6.45, 7) is 7.74. The van der Waals surface area contributed by atoms with Crippen molar-refractivity contribution >= 4 is 23.3 Å². The largest absolute Gasteiger partial charge is 0.366 e. The van der Waals surface area contributed by atoms with Crippen LogP contribution in [-0.2, 0) is 0 Å². The predicted molar refractivity (Wildman–Crippen MR) is 72.2 cm³/mol. The second-order valence-electron chi connectivity index (χ2n) is 3.17. The Labute approximate surface area is 97.5 Å². The summed E-state index contributed by atoms with van der Waals surface area (Å²) in [4.78, 5) is 4.98. The minimum absolute atomic E-state index is 0.888. The first-order valence-corrected chi connectivity index (χ1v) is 5.24. The van der Waals surface area contributed by atoms with E-state index in [-0.39, 0.29) is 0 Å². The summed E-state index contributed by atoms with van der Waals surface area (Å²) in [6, 6.07) is 0. The summed E-state index contributed by atoms with van der Waals surface area (Å²) in [6.07, 6.45) is 9.38. The Balaban J connectivity index is 4.11. The molecule has 0 atom stereocenters. The van der Waals surface area contributed by atoms with Crippen molar-refractivity contribution in [1.82, 2.24) is 5.32 Å². The van der Waals surface area contributed by atoms with Crippen LogP contribution in [0.4, 0.5) is 0 Å². The summed E-state index contributed by atoms with van der Waals surface area (Å²) in [7, 11) is 0. The molecular formula is C12H18N2S. The van der Waals surface area contributed by atoms with Gasteiger partial charge in [0.15, 0.2) is 0 Å². The van der Waals surface area contributed by atoms with Crippen LogP contribution in [0.15, 0.2) is 40.8 Å². The van der Waals surface area contributed by atoms with E-state index in [2.05, 4.69) is 10.3 Å². The Kier molecular flexibility index (Phi) is 7.46. The maximum Gasteiger partial charge on any atom is 0.0528 e. The third-order valence-electron chi connectivity index (χ3n) is 1.50. The van der Waals surface area contributed by atoms with Gasteiger partial charge in [0, 0.05) is 23.5 Å². The van der Waals surface area contributed by atoms with Crippen molar-refractivity contribution in [3.8, 4) is 0 Å². The minimum Gasteiger partial charge on any atom is -0.366 e. The van der Waals surface area contributed by atoms with E-state index < -0.39 is 0 Å². The highest BCUT2D eigenvalue weighted by Gasteiger charge is 1.83. The fraction of sp³-hybridized carbons (Fsp3) is 0.333. The van der Waals surface area contributed by atoms with Gasteiger partial charge >= 0.3 is 0 Å². The van der Waals surface area contributed by atoms with Gasteiger partial charge in [0.25, 0.3) is 0 Å². The lowest BCUT2D eigenvalue weighted by molar-refractivity contribution is 1.13. The lowest BCUT2D eigenvalue weighted by atomic mass is 10.2. The van der Waals surface area contributed by atoms with E-state index in [4.69, 9.17) is 12.2 Å².